The summed E-state index contributed by atoms with van der Waals surface area (Å²) in [5.74, 6) is -0.506. The van der Waals surface area contributed by atoms with E-state index in [1.807, 2.05) is 0 Å². The van der Waals surface area contributed by atoms with Gasteiger partial charge in [0.15, 0.2) is 0 Å². The molecule has 25 heavy (non-hydrogen) atoms. The summed E-state index contributed by atoms with van der Waals surface area (Å²) < 4.78 is 15.3. The van der Waals surface area contributed by atoms with Crippen LogP contribution in [0, 0.1) is 12.7 Å². The Labute approximate surface area is 155 Å². The topological polar surface area (TPSA) is 85.8 Å². The Hall–Kier alpha value is -2.45. The van der Waals surface area contributed by atoms with Crippen molar-refractivity contribution in [2.75, 3.05) is 11.1 Å². The Bertz CT molecular complexity index is 958. The zero-order chi connectivity index (χ0) is 18.1. The van der Waals surface area contributed by atoms with Crippen LogP contribution in [0.1, 0.15) is 16.1 Å². The molecule has 0 saturated carbocycles. The number of hydrogen-bond donors (Lipinski definition) is 2. The second-order valence-electron chi connectivity index (χ2n) is 5.15. The molecule has 0 bridgehead atoms. The summed E-state index contributed by atoms with van der Waals surface area (Å²) >= 11 is 8.94. The Kier molecular flexibility index (Phi) is 4.73. The maximum Gasteiger partial charge on any atom is 0.262 e. The van der Waals surface area contributed by atoms with Crippen molar-refractivity contribution in [1.82, 2.24) is 14.8 Å². The van der Waals surface area contributed by atoms with E-state index in [0.717, 1.165) is 0 Å². The fraction of sp³-hybridized carbons (Fsp3) is 0.0625. The Balaban J connectivity index is 1.98. The van der Waals surface area contributed by atoms with Crippen molar-refractivity contribution in [3.63, 3.8) is 0 Å². The van der Waals surface area contributed by atoms with Gasteiger partial charge in [-0.3, -0.25) is 4.79 Å². The molecule has 2 heterocycles. The quantitative estimate of drug-likeness (QED) is 0.666. The third-order valence-electron chi connectivity index (χ3n) is 3.45. The van der Waals surface area contributed by atoms with Crippen LogP contribution in [0.2, 0.25) is 5.02 Å². The molecule has 0 unspecified atom stereocenters. The van der Waals surface area contributed by atoms with Gasteiger partial charge in [0.25, 0.3) is 5.91 Å². The molecule has 9 heteroatoms. The van der Waals surface area contributed by atoms with Crippen molar-refractivity contribution in [3.05, 3.63) is 63.1 Å². The minimum atomic E-state index is -0.469. The molecule has 128 valence electrons. The molecule has 1 aromatic carbocycles. The largest absolute Gasteiger partial charge is 0.383 e. The maximum absolute atomic E-state index is 13.8. The van der Waals surface area contributed by atoms with Crippen molar-refractivity contribution in [2.24, 2.45) is 0 Å². The molecule has 0 aliphatic carbocycles. The van der Waals surface area contributed by atoms with E-state index in [9.17, 15) is 9.18 Å². The normalized spacial score (nSPS) is 10.7. The highest BCUT2D eigenvalue weighted by Crippen LogP contribution is 2.28. The number of rotatable bonds is 3. The first kappa shape index (κ1) is 17.4. The third kappa shape index (κ3) is 3.35. The van der Waals surface area contributed by atoms with Gasteiger partial charge in [-0.1, -0.05) is 17.7 Å². The molecule has 2 aromatic heterocycles. The number of anilines is 2. The number of aromatic nitrogens is 3. The number of nitrogens with one attached hydrogen (secondary N) is 1. The van der Waals surface area contributed by atoms with Crippen LogP contribution >= 0.6 is 27.5 Å². The van der Waals surface area contributed by atoms with Gasteiger partial charge < -0.3 is 11.1 Å². The summed E-state index contributed by atoms with van der Waals surface area (Å²) in [5, 5.41) is 7.34. The van der Waals surface area contributed by atoms with Crippen LogP contribution in [0.25, 0.3) is 5.69 Å². The molecule has 0 atom stereocenters. The standard InChI is InChI=1S/C16H12BrClFN5O/c1-8-13(16(25)22-12-6-5-9(18)7-21-12)15(20)24(23-8)11-4-2-3-10(19)14(11)17/h2-7H,20H2,1H3,(H,21,22,25). The lowest BCUT2D eigenvalue weighted by molar-refractivity contribution is 0.102. The fourth-order valence-electron chi connectivity index (χ4n) is 2.29. The molecule has 0 aliphatic rings. The first-order valence-corrected chi connectivity index (χ1v) is 8.28. The molecule has 1 amide bonds. The lowest BCUT2D eigenvalue weighted by Crippen LogP contribution is -2.15. The van der Waals surface area contributed by atoms with Crippen LogP contribution in [0.3, 0.4) is 0 Å². The number of carbonyl (C=O) groups is 1. The zero-order valence-corrected chi connectivity index (χ0v) is 15.3. The van der Waals surface area contributed by atoms with Gasteiger partial charge in [-0.2, -0.15) is 5.10 Å². The highest BCUT2D eigenvalue weighted by atomic mass is 79.9. The summed E-state index contributed by atoms with van der Waals surface area (Å²) in [5.41, 5.74) is 7.07. The first-order valence-electron chi connectivity index (χ1n) is 7.11. The summed E-state index contributed by atoms with van der Waals surface area (Å²) in [6, 6.07) is 7.65. The number of nitrogens with two attached hydrogens (primary N) is 1. The van der Waals surface area contributed by atoms with E-state index in [1.54, 1.807) is 25.1 Å². The van der Waals surface area contributed by atoms with E-state index < -0.39 is 11.7 Å². The maximum atomic E-state index is 13.8. The van der Waals surface area contributed by atoms with Crippen LogP contribution in [0.15, 0.2) is 41.0 Å². The van der Waals surface area contributed by atoms with E-state index in [-0.39, 0.29) is 15.9 Å². The summed E-state index contributed by atoms with van der Waals surface area (Å²) in [7, 11) is 0. The second kappa shape index (κ2) is 6.81. The number of halogens is 3. The van der Waals surface area contributed by atoms with Crippen molar-refractivity contribution in [2.45, 2.75) is 6.92 Å². The van der Waals surface area contributed by atoms with Gasteiger partial charge in [-0.05, 0) is 47.1 Å². The smallest absolute Gasteiger partial charge is 0.262 e. The molecule has 0 radical (unpaired) electrons. The fourth-order valence-corrected chi connectivity index (χ4v) is 2.84. The van der Waals surface area contributed by atoms with E-state index in [0.29, 0.717) is 22.2 Å². The van der Waals surface area contributed by atoms with Gasteiger partial charge in [0.2, 0.25) is 0 Å². The van der Waals surface area contributed by atoms with Crippen LogP contribution in [-0.2, 0) is 0 Å². The monoisotopic (exact) mass is 423 g/mol. The summed E-state index contributed by atoms with van der Waals surface area (Å²) in [4.78, 5) is 16.5. The van der Waals surface area contributed by atoms with Gasteiger partial charge >= 0.3 is 0 Å². The number of pyridine rings is 1. The highest BCUT2D eigenvalue weighted by molar-refractivity contribution is 9.10. The molecular formula is C16H12BrClFN5O. The molecule has 0 spiro atoms. The molecule has 0 saturated heterocycles. The zero-order valence-electron chi connectivity index (χ0n) is 12.9. The SMILES string of the molecule is Cc1nn(-c2cccc(F)c2Br)c(N)c1C(=O)Nc1ccc(Cl)cn1. The summed E-state index contributed by atoms with van der Waals surface area (Å²) in [6.07, 6.45) is 1.42. The van der Waals surface area contributed by atoms with Crippen molar-refractivity contribution in [1.29, 1.82) is 0 Å². The number of nitrogens with zero attached hydrogens (tertiary/aromatic N) is 3. The van der Waals surface area contributed by atoms with Crippen LogP contribution in [0.5, 0.6) is 0 Å². The molecular weight excluding hydrogens is 413 g/mol. The summed E-state index contributed by atoms with van der Waals surface area (Å²) in [6.45, 7) is 1.64. The predicted octanol–water partition coefficient (Wildman–Crippen LogP) is 3.97. The van der Waals surface area contributed by atoms with E-state index in [1.165, 1.54) is 23.0 Å². The number of amides is 1. The number of nitrogen functional groups attached to an aromatic ring is 1. The first-order chi connectivity index (χ1) is 11.9. The number of hydrogen-bond acceptors (Lipinski definition) is 4. The number of carbonyl (C=O) groups excluding carboxylic acids is 1. The van der Waals surface area contributed by atoms with Crippen molar-refractivity contribution >= 4 is 45.1 Å². The molecule has 0 aliphatic heterocycles. The Morgan fingerprint density at radius 3 is 2.80 bits per heavy atom. The van der Waals surface area contributed by atoms with E-state index in [2.05, 4.69) is 31.3 Å². The van der Waals surface area contributed by atoms with Gasteiger partial charge in [0.1, 0.15) is 23.0 Å². The molecule has 3 N–H and O–H groups in total. The van der Waals surface area contributed by atoms with Gasteiger partial charge in [0, 0.05) is 6.20 Å². The number of aryl methyl sites for hydroxylation is 1. The Morgan fingerprint density at radius 1 is 1.36 bits per heavy atom. The van der Waals surface area contributed by atoms with Gasteiger partial charge in [0.05, 0.1) is 20.9 Å². The minimum absolute atomic E-state index is 0.0928. The van der Waals surface area contributed by atoms with Gasteiger partial charge in [-0.15, -0.1) is 0 Å². The van der Waals surface area contributed by atoms with Crippen LogP contribution < -0.4 is 11.1 Å². The third-order valence-corrected chi connectivity index (χ3v) is 4.46. The molecule has 3 aromatic rings. The van der Waals surface area contributed by atoms with Crippen molar-refractivity contribution < 1.29 is 9.18 Å². The average molecular weight is 425 g/mol. The average Bonchev–Trinajstić information content (AvgIpc) is 2.87. The molecule has 6 nitrogen and oxygen atoms in total. The lowest BCUT2D eigenvalue weighted by atomic mass is 10.2. The lowest BCUT2D eigenvalue weighted by Gasteiger charge is -2.08. The molecule has 3 rings (SSSR count). The number of benzene rings is 1. The van der Waals surface area contributed by atoms with Crippen LogP contribution in [-0.4, -0.2) is 20.7 Å². The minimum Gasteiger partial charge on any atom is -0.383 e. The second-order valence-corrected chi connectivity index (χ2v) is 6.38. The van der Waals surface area contributed by atoms with E-state index in [4.69, 9.17) is 17.3 Å². The molecule has 0 fully saturated rings. The van der Waals surface area contributed by atoms with Crippen molar-refractivity contribution in [3.8, 4) is 5.69 Å². The predicted molar refractivity (Wildman–Crippen MR) is 97.6 cm³/mol. The van der Waals surface area contributed by atoms with Gasteiger partial charge in [-0.25, -0.2) is 14.1 Å². The highest BCUT2D eigenvalue weighted by Gasteiger charge is 2.22. The Morgan fingerprint density at radius 2 is 2.12 bits per heavy atom. The van der Waals surface area contributed by atoms with E-state index >= 15 is 0 Å². The van der Waals surface area contributed by atoms with Crippen LogP contribution in [0.4, 0.5) is 16.0 Å².